The largest absolute Gasteiger partial charge is 0.481 e. The lowest BCUT2D eigenvalue weighted by Gasteiger charge is -2.05. The number of carbonyl (C=O) groups is 2. The van der Waals surface area contributed by atoms with Crippen LogP contribution in [0.5, 0.6) is 0 Å². The lowest BCUT2D eigenvalue weighted by molar-refractivity contribution is -0.142. The number of rotatable bonds is 5. The molecular formula is C6H10O4S. The second kappa shape index (κ2) is 5.01. The van der Waals surface area contributed by atoms with Crippen molar-refractivity contribution in [3.63, 3.8) is 0 Å². The molecule has 0 aliphatic rings. The molecule has 0 bridgehead atoms. The maximum absolute atomic E-state index is 10.3. The van der Waals surface area contributed by atoms with E-state index in [-0.39, 0.29) is 18.6 Å². The molecule has 4 nitrogen and oxygen atoms in total. The fourth-order valence-corrected chi connectivity index (χ4v) is 0.929. The highest BCUT2D eigenvalue weighted by Crippen LogP contribution is 2.08. The summed E-state index contributed by atoms with van der Waals surface area (Å²) in [6.07, 6.45) is 0.0334. The Hall–Kier alpha value is -0.710. The zero-order valence-corrected chi connectivity index (χ0v) is 6.75. The fourth-order valence-electron chi connectivity index (χ4n) is 0.591. The van der Waals surface area contributed by atoms with Crippen LogP contribution in [-0.2, 0) is 9.59 Å². The lowest BCUT2D eigenvalue weighted by Crippen LogP contribution is -2.16. The topological polar surface area (TPSA) is 74.6 Å². The van der Waals surface area contributed by atoms with Crippen molar-refractivity contribution in [2.45, 2.75) is 12.8 Å². The average molecular weight is 178 g/mol. The first-order valence-corrected chi connectivity index (χ1v) is 3.76. The van der Waals surface area contributed by atoms with Gasteiger partial charge >= 0.3 is 11.9 Å². The van der Waals surface area contributed by atoms with Gasteiger partial charge in [0, 0.05) is 12.2 Å². The molecule has 1 atom stereocenters. The van der Waals surface area contributed by atoms with Gasteiger partial charge in [-0.05, 0) is 6.42 Å². The first-order chi connectivity index (χ1) is 5.07. The summed E-state index contributed by atoms with van der Waals surface area (Å²) in [6, 6.07) is 0. The summed E-state index contributed by atoms with van der Waals surface area (Å²) in [5.74, 6) is -2.42. The monoisotopic (exact) mass is 178 g/mol. The quantitative estimate of drug-likeness (QED) is 0.535. The van der Waals surface area contributed by atoms with Crippen LogP contribution in [-0.4, -0.2) is 27.9 Å². The van der Waals surface area contributed by atoms with E-state index in [1.54, 1.807) is 0 Å². The Morgan fingerprint density at radius 1 is 1.36 bits per heavy atom. The van der Waals surface area contributed by atoms with Gasteiger partial charge in [0.25, 0.3) is 0 Å². The second-order valence-corrected chi connectivity index (χ2v) is 2.52. The molecule has 0 rings (SSSR count). The summed E-state index contributed by atoms with van der Waals surface area (Å²) in [7, 11) is 0. The number of hydrogen-bond donors (Lipinski definition) is 3. The van der Waals surface area contributed by atoms with Gasteiger partial charge in [-0.25, -0.2) is 0 Å². The van der Waals surface area contributed by atoms with Crippen LogP contribution in [0.25, 0.3) is 0 Å². The zero-order chi connectivity index (χ0) is 8.85. The van der Waals surface area contributed by atoms with Crippen LogP contribution in [0.2, 0.25) is 0 Å². The Bertz CT molecular complexity index is 157. The molecule has 2 N–H and O–H groups in total. The molecule has 0 fully saturated rings. The Labute approximate surface area is 69.6 Å². The summed E-state index contributed by atoms with van der Waals surface area (Å²) in [5, 5.41) is 16.7. The number of carboxylic acids is 2. The normalized spacial score (nSPS) is 12.5. The van der Waals surface area contributed by atoms with Gasteiger partial charge in [-0.15, -0.1) is 0 Å². The summed E-state index contributed by atoms with van der Waals surface area (Å²) in [5.41, 5.74) is 0. The van der Waals surface area contributed by atoms with Crippen molar-refractivity contribution in [1.82, 2.24) is 0 Å². The van der Waals surface area contributed by atoms with Crippen molar-refractivity contribution in [1.29, 1.82) is 0 Å². The van der Waals surface area contributed by atoms with Crippen molar-refractivity contribution in [2.24, 2.45) is 5.92 Å². The lowest BCUT2D eigenvalue weighted by atomic mass is 10.1. The third-order valence-electron chi connectivity index (χ3n) is 1.28. The van der Waals surface area contributed by atoms with Gasteiger partial charge in [-0.1, -0.05) is 0 Å². The Balaban J connectivity index is 3.70. The molecule has 0 aliphatic carbocycles. The maximum Gasteiger partial charge on any atom is 0.307 e. The predicted octanol–water partition coefficient (Wildman–Crippen LogP) is 0.482. The van der Waals surface area contributed by atoms with Crippen molar-refractivity contribution < 1.29 is 19.8 Å². The molecule has 0 aromatic carbocycles. The molecule has 0 radical (unpaired) electrons. The minimum Gasteiger partial charge on any atom is -0.481 e. The van der Waals surface area contributed by atoms with Gasteiger partial charge in [-0.2, -0.15) is 12.6 Å². The van der Waals surface area contributed by atoms with E-state index >= 15 is 0 Å². The van der Waals surface area contributed by atoms with Crippen molar-refractivity contribution in [3.8, 4) is 0 Å². The van der Waals surface area contributed by atoms with Crippen LogP contribution in [0.3, 0.4) is 0 Å². The summed E-state index contributed by atoms with van der Waals surface area (Å²) in [4.78, 5) is 20.3. The molecule has 0 aliphatic heterocycles. The number of carboxylic acid groups (broad SMARTS) is 2. The van der Waals surface area contributed by atoms with Crippen LogP contribution in [0, 0.1) is 5.92 Å². The van der Waals surface area contributed by atoms with Gasteiger partial charge in [-0.3, -0.25) is 9.59 Å². The van der Waals surface area contributed by atoms with Crippen LogP contribution < -0.4 is 0 Å². The first kappa shape index (κ1) is 10.3. The Morgan fingerprint density at radius 3 is 2.18 bits per heavy atom. The minimum absolute atomic E-state index is 0.114. The fraction of sp³-hybridized carbons (Fsp3) is 0.667. The van der Waals surface area contributed by atoms with E-state index in [0.717, 1.165) is 0 Å². The molecule has 0 aromatic heterocycles. The predicted molar refractivity (Wildman–Crippen MR) is 41.8 cm³/mol. The highest BCUT2D eigenvalue weighted by molar-refractivity contribution is 7.80. The molecule has 0 saturated carbocycles. The number of aliphatic carboxylic acids is 2. The van der Waals surface area contributed by atoms with Crippen molar-refractivity contribution in [3.05, 3.63) is 0 Å². The zero-order valence-electron chi connectivity index (χ0n) is 5.86. The molecular weight excluding hydrogens is 168 g/mol. The molecule has 64 valence electrons. The van der Waals surface area contributed by atoms with E-state index in [2.05, 4.69) is 12.6 Å². The van der Waals surface area contributed by atoms with E-state index in [9.17, 15) is 9.59 Å². The van der Waals surface area contributed by atoms with Gasteiger partial charge in [0.2, 0.25) is 0 Å². The standard InChI is InChI=1S/C6H10O4S/c7-5(8)2-1-4(3-11)6(9)10/h4,11H,1-3H2,(H,7,8)(H,9,10). The van der Waals surface area contributed by atoms with Crippen LogP contribution >= 0.6 is 12.6 Å². The van der Waals surface area contributed by atoms with E-state index in [1.807, 2.05) is 0 Å². The first-order valence-electron chi connectivity index (χ1n) is 3.13. The molecule has 0 heterocycles. The SMILES string of the molecule is O=C(O)CCC(CS)C(=O)O. The maximum atomic E-state index is 10.3. The molecule has 5 heteroatoms. The molecule has 0 saturated heterocycles. The van der Waals surface area contributed by atoms with E-state index in [0.29, 0.717) is 0 Å². The van der Waals surface area contributed by atoms with Gasteiger partial charge in [0.05, 0.1) is 5.92 Å². The molecule has 0 amide bonds. The average Bonchev–Trinajstić information content (AvgIpc) is 1.87. The van der Waals surface area contributed by atoms with Gasteiger partial charge in [0.1, 0.15) is 0 Å². The van der Waals surface area contributed by atoms with Gasteiger partial charge < -0.3 is 10.2 Å². The highest BCUT2D eigenvalue weighted by Gasteiger charge is 2.16. The van der Waals surface area contributed by atoms with Crippen molar-refractivity contribution >= 4 is 24.6 Å². The summed E-state index contributed by atoms with van der Waals surface area (Å²) < 4.78 is 0. The van der Waals surface area contributed by atoms with E-state index in [4.69, 9.17) is 10.2 Å². The molecule has 0 spiro atoms. The van der Waals surface area contributed by atoms with Crippen molar-refractivity contribution in [2.75, 3.05) is 5.75 Å². The summed E-state index contributed by atoms with van der Waals surface area (Å²) >= 11 is 3.78. The third-order valence-corrected chi connectivity index (χ3v) is 1.72. The highest BCUT2D eigenvalue weighted by atomic mass is 32.1. The smallest absolute Gasteiger partial charge is 0.307 e. The van der Waals surface area contributed by atoms with E-state index < -0.39 is 17.9 Å². The minimum atomic E-state index is -0.985. The molecule has 11 heavy (non-hydrogen) atoms. The Morgan fingerprint density at radius 2 is 1.91 bits per heavy atom. The third kappa shape index (κ3) is 4.66. The second-order valence-electron chi connectivity index (χ2n) is 2.15. The Kier molecular flexibility index (Phi) is 4.69. The van der Waals surface area contributed by atoms with Crippen LogP contribution in [0.1, 0.15) is 12.8 Å². The van der Waals surface area contributed by atoms with Crippen LogP contribution in [0.15, 0.2) is 0 Å². The van der Waals surface area contributed by atoms with E-state index in [1.165, 1.54) is 0 Å². The number of hydrogen-bond acceptors (Lipinski definition) is 3. The summed E-state index contributed by atoms with van der Waals surface area (Å²) in [6.45, 7) is 0. The molecule has 0 aromatic rings. The molecule has 1 unspecified atom stereocenters. The number of thiol groups is 1. The van der Waals surface area contributed by atoms with Crippen LogP contribution in [0.4, 0.5) is 0 Å². The van der Waals surface area contributed by atoms with Gasteiger partial charge in [0.15, 0.2) is 0 Å².